The lowest BCUT2D eigenvalue weighted by Gasteiger charge is -2.31. The Morgan fingerprint density at radius 2 is 1.76 bits per heavy atom. The second kappa shape index (κ2) is 8.45. The molecule has 0 aromatic rings. The number of rotatable bonds is 8. The number of hydrogen-bond donors (Lipinski definition) is 0. The van der Waals surface area contributed by atoms with Crippen LogP contribution in [0, 0.1) is 6.92 Å². The van der Waals surface area contributed by atoms with Gasteiger partial charge in [-0.05, 0) is 19.9 Å². The summed E-state index contributed by atoms with van der Waals surface area (Å²) in [6.45, 7) is 18.5. The number of ether oxygens (including phenoxy) is 1. The topological polar surface area (TPSA) is 15.7 Å². The van der Waals surface area contributed by atoms with Crippen molar-refractivity contribution in [3.05, 3.63) is 32.2 Å². The maximum absolute atomic E-state index is 5.34. The summed E-state index contributed by atoms with van der Waals surface area (Å²) < 4.78 is 5.34. The SMILES string of the molecule is [CH2]C(CCN1CCOCC1)N(CC=C)CC=C. The highest BCUT2D eigenvalue weighted by Crippen LogP contribution is 2.06. The van der Waals surface area contributed by atoms with Gasteiger partial charge in [-0.25, -0.2) is 0 Å². The van der Waals surface area contributed by atoms with Gasteiger partial charge in [-0.15, -0.1) is 13.2 Å². The first-order valence-electron chi connectivity index (χ1n) is 6.37. The van der Waals surface area contributed by atoms with E-state index in [2.05, 4.69) is 29.9 Å². The van der Waals surface area contributed by atoms with E-state index in [1.807, 2.05) is 12.2 Å². The highest BCUT2D eigenvalue weighted by molar-refractivity contribution is 4.86. The van der Waals surface area contributed by atoms with Crippen molar-refractivity contribution >= 4 is 0 Å². The van der Waals surface area contributed by atoms with Crippen molar-refractivity contribution < 1.29 is 4.74 Å². The molecule has 3 nitrogen and oxygen atoms in total. The Morgan fingerprint density at radius 3 is 2.29 bits per heavy atom. The fraction of sp³-hybridized carbons (Fsp3) is 0.643. The van der Waals surface area contributed by atoms with E-state index in [0.29, 0.717) is 6.04 Å². The summed E-state index contributed by atoms with van der Waals surface area (Å²) in [6, 6.07) is 0.328. The molecule has 1 atom stereocenters. The lowest BCUT2D eigenvalue weighted by Crippen LogP contribution is -2.40. The Labute approximate surface area is 106 Å². The van der Waals surface area contributed by atoms with Gasteiger partial charge in [0.2, 0.25) is 0 Å². The smallest absolute Gasteiger partial charge is 0.0594 e. The van der Waals surface area contributed by atoms with E-state index in [-0.39, 0.29) is 0 Å². The van der Waals surface area contributed by atoms with Crippen LogP contribution >= 0.6 is 0 Å². The van der Waals surface area contributed by atoms with E-state index in [4.69, 9.17) is 4.74 Å². The van der Waals surface area contributed by atoms with Crippen LogP contribution in [0.2, 0.25) is 0 Å². The van der Waals surface area contributed by atoms with E-state index >= 15 is 0 Å². The van der Waals surface area contributed by atoms with Gasteiger partial charge in [0, 0.05) is 32.2 Å². The summed E-state index contributed by atoms with van der Waals surface area (Å²) in [4.78, 5) is 4.74. The van der Waals surface area contributed by atoms with E-state index < -0.39 is 0 Å². The largest absolute Gasteiger partial charge is 0.379 e. The molecule has 1 fully saturated rings. The molecule has 17 heavy (non-hydrogen) atoms. The number of morpholine rings is 1. The molecule has 0 spiro atoms. The van der Waals surface area contributed by atoms with Crippen molar-refractivity contribution in [1.29, 1.82) is 0 Å². The first-order valence-corrected chi connectivity index (χ1v) is 6.37. The predicted molar refractivity (Wildman–Crippen MR) is 73.0 cm³/mol. The molecule has 0 bridgehead atoms. The average Bonchev–Trinajstić information content (AvgIpc) is 2.37. The average molecular weight is 237 g/mol. The third kappa shape index (κ3) is 5.48. The molecule has 0 N–H and O–H groups in total. The molecule has 0 saturated carbocycles. The normalized spacial score (nSPS) is 19.2. The van der Waals surface area contributed by atoms with Crippen LogP contribution < -0.4 is 0 Å². The lowest BCUT2D eigenvalue weighted by molar-refractivity contribution is 0.0348. The van der Waals surface area contributed by atoms with Gasteiger partial charge in [-0.1, -0.05) is 12.2 Å². The molecule has 0 aromatic heterocycles. The third-order valence-corrected chi connectivity index (χ3v) is 3.13. The Bertz CT molecular complexity index is 214. The van der Waals surface area contributed by atoms with Gasteiger partial charge in [0.1, 0.15) is 0 Å². The van der Waals surface area contributed by atoms with Gasteiger partial charge in [0.25, 0.3) is 0 Å². The molecule has 1 rings (SSSR count). The molecular formula is C14H25N2O. The Balaban J connectivity index is 2.26. The summed E-state index contributed by atoms with van der Waals surface area (Å²) >= 11 is 0. The second-order valence-electron chi connectivity index (χ2n) is 4.43. The maximum Gasteiger partial charge on any atom is 0.0594 e. The van der Waals surface area contributed by atoms with Crippen LogP contribution in [0.1, 0.15) is 6.42 Å². The van der Waals surface area contributed by atoms with Crippen molar-refractivity contribution in [2.24, 2.45) is 0 Å². The van der Waals surface area contributed by atoms with Crippen LogP contribution in [0.25, 0.3) is 0 Å². The molecule has 0 aromatic carbocycles. The van der Waals surface area contributed by atoms with Gasteiger partial charge in [0.15, 0.2) is 0 Å². The molecule has 1 aliphatic heterocycles. The van der Waals surface area contributed by atoms with Crippen molar-refractivity contribution in [2.75, 3.05) is 45.9 Å². The highest BCUT2D eigenvalue weighted by Gasteiger charge is 2.15. The predicted octanol–water partition coefficient (Wildman–Crippen LogP) is 1.59. The fourth-order valence-electron chi connectivity index (χ4n) is 2.04. The van der Waals surface area contributed by atoms with Gasteiger partial charge < -0.3 is 4.74 Å². The molecule has 1 saturated heterocycles. The first kappa shape index (κ1) is 14.4. The molecule has 0 aliphatic carbocycles. The van der Waals surface area contributed by atoms with Crippen molar-refractivity contribution in [3.8, 4) is 0 Å². The van der Waals surface area contributed by atoms with Gasteiger partial charge in [0.05, 0.1) is 13.2 Å². The molecule has 97 valence electrons. The molecular weight excluding hydrogens is 212 g/mol. The van der Waals surface area contributed by atoms with E-state index in [1.165, 1.54) is 0 Å². The van der Waals surface area contributed by atoms with Crippen molar-refractivity contribution in [3.63, 3.8) is 0 Å². The van der Waals surface area contributed by atoms with Crippen molar-refractivity contribution in [1.82, 2.24) is 9.80 Å². The Morgan fingerprint density at radius 1 is 1.18 bits per heavy atom. The van der Waals surface area contributed by atoms with Crippen LogP contribution in [0.5, 0.6) is 0 Å². The summed E-state index contributed by atoms with van der Waals surface area (Å²) in [5, 5.41) is 0. The van der Waals surface area contributed by atoms with Gasteiger partial charge >= 0.3 is 0 Å². The molecule has 0 amide bonds. The Hall–Kier alpha value is -0.640. The highest BCUT2D eigenvalue weighted by atomic mass is 16.5. The van der Waals surface area contributed by atoms with E-state index in [1.54, 1.807) is 0 Å². The van der Waals surface area contributed by atoms with E-state index in [0.717, 1.165) is 52.4 Å². The molecule has 1 unspecified atom stereocenters. The summed E-state index contributed by atoms with van der Waals surface area (Å²) in [5.74, 6) is 0. The van der Waals surface area contributed by atoms with Crippen molar-refractivity contribution in [2.45, 2.75) is 12.5 Å². The first-order chi connectivity index (χ1) is 8.27. The van der Waals surface area contributed by atoms with Crippen LogP contribution in [-0.2, 0) is 4.74 Å². The Kier molecular flexibility index (Phi) is 7.17. The standard InChI is InChI=1S/C14H25N2O/c1-4-7-16(8-5-2)14(3)6-9-15-10-12-17-13-11-15/h4-5,14H,1-3,6-13H2. The number of nitrogens with zero attached hydrogens (tertiary/aromatic N) is 2. The van der Waals surface area contributed by atoms with Gasteiger partial charge in [-0.3, -0.25) is 9.80 Å². The number of hydrogen-bond acceptors (Lipinski definition) is 3. The zero-order chi connectivity index (χ0) is 12.5. The van der Waals surface area contributed by atoms with Crippen LogP contribution in [0.15, 0.2) is 25.3 Å². The molecule has 1 radical (unpaired) electrons. The van der Waals surface area contributed by atoms with Crippen LogP contribution in [0.4, 0.5) is 0 Å². The van der Waals surface area contributed by atoms with Gasteiger partial charge in [-0.2, -0.15) is 0 Å². The maximum atomic E-state index is 5.34. The minimum Gasteiger partial charge on any atom is -0.379 e. The fourth-order valence-corrected chi connectivity index (χ4v) is 2.04. The van der Waals surface area contributed by atoms with Crippen LogP contribution in [-0.4, -0.2) is 61.8 Å². The quantitative estimate of drug-likeness (QED) is 0.596. The zero-order valence-corrected chi connectivity index (χ0v) is 10.8. The molecule has 1 aliphatic rings. The van der Waals surface area contributed by atoms with E-state index in [9.17, 15) is 0 Å². The minimum absolute atomic E-state index is 0.328. The third-order valence-electron chi connectivity index (χ3n) is 3.13. The minimum atomic E-state index is 0.328. The summed E-state index contributed by atoms with van der Waals surface area (Å²) in [5.41, 5.74) is 0. The summed E-state index contributed by atoms with van der Waals surface area (Å²) in [7, 11) is 0. The van der Waals surface area contributed by atoms with Crippen LogP contribution in [0.3, 0.4) is 0 Å². The monoisotopic (exact) mass is 237 g/mol. The molecule has 1 heterocycles. The lowest BCUT2D eigenvalue weighted by atomic mass is 10.2. The second-order valence-corrected chi connectivity index (χ2v) is 4.43. The molecule has 3 heteroatoms. The summed E-state index contributed by atoms with van der Waals surface area (Å²) in [6.07, 6.45) is 4.94. The zero-order valence-electron chi connectivity index (χ0n) is 10.8.